The first-order valence-electron chi connectivity index (χ1n) is 7.47. The van der Waals surface area contributed by atoms with Crippen molar-refractivity contribution in [1.29, 1.82) is 0 Å². The molecule has 0 radical (unpaired) electrons. The van der Waals surface area contributed by atoms with Crippen molar-refractivity contribution in [3.8, 4) is 0 Å². The van der Waals surface area contributed by atoms with Gasteiger partial charge >= 0.3 is 6.03 Å². The Bertz CT molecular complexity index is 790. The molecule has 0 N–H and O–H groups in total. The third-order valence-electron chi connectivity index (χ3n) is 3.95. The van der Waals surface area contributed by atoms with Crippen molar-refractivity contribution in [3.63, 3.8) is 0 Å². The normalized spacial score (nSPS) is 17.5. The number of anilines is 1. The van der Waals surface area contributed by atoms with Crippen molar-refractivity contribution >= 4 is 23.4 Å². The number of halogens is 1. The summed E-state index contributed by atoms with van der Waals surface area (Å²) in [7, 11) is 0. The van der Waals surface area contributed by atoms with Gasteiger partial charge in [-0.2, -0.15) is 0 Å². The minimum Gasteiger partial charge on any atom is -0.292 e. The standard InChI is InChI=1S/C18H15FN2O3/c1-12-17(23)20(11-16(22)13-5-3-2-4-6-13)18(24)21(12)15-9-7-14(19)8-10-15/h2-10,12H,11H2,1H3/t12-/m0/s1. The number of imide groups is 1. The summed E-state index contributed by atoms with van der Waals surface area (Å²) in [4.78, 5) is 39.4. The van der Waals surface area contributed by atoms with Crippen molar-refractivity contribution < 1.29 is 18.8 Å². The highest BCUT2D eigenvalue weighted by Gasteiger charge is 2.44. The molecular formula is C18H15FN2O3. The van der Waals surface area contributed by atoms with Crippen LogP contribution in [-0.2, 0) is 4.79 Å². The fourth-order valence-corrected chi connectivity index (χ4v) is 2.67. The molecule has 122 valence electrons. The van der Waals surface area contributed by atoms with Crippen LogP contribution < -0.4 is 4.90 Å². The number of carbonyl (C=O) groups excluding carboxylic acids is 3. The fourth-order valence-electron chi connectivity index (χ4n) is 2.67. The van der Waals surface area contributed by atoms with Crippen molar-refractivity contribution in [1.82, 2.24) is 4.90 Å². The molecule has 0 aliphatic carbocycles. The van der Waals surface area contributed by atoms with Crippen molar-refractivity contribution in [2.24, 2.45) is 0 Å². The Balaban J connectivity index is 1.83. The highest BCUT2D eigenvalue weighted by Crippen LogP contribution is 2.26. The van der Waals surface area contributed by atoms with Gasteiger partial charge in [-0.15, -0.1) is 0 Å². The minimum absolute atomic E-state index is 0.314. The molecule has 5 nitrogen and oxygen atoms in total. The quantitative estimate of drug-likeness (QED) is 0.641. The summed E-state index contributed by atoms with van der Waals surface area (Å²) in [6, 6.07) is 12.5. The van der Waals surface area contributed by atoms with E-state index in [0.29, 0.717) is 11.3 Å². The van der Waals surface area contributed by atoms with Gasteiger partial charge in [0.05, 0.1) is 6.54 Å². The smallest absolute Gasteiger partial charge is 0.292 e. The van der Waals surface area contributed by atoms with Crippen molar-refractivity contribution in [3.05, 3.63) is 66.0 Å². The van der Waals surface area contributed by atoms with Crippen LogP contribution in [0.3, 0.4) is 0 Å². The summed E-state index contributed by atoms with van der Waals surface area (Å²) in [6.45, 7) is 1.26. The van der Waals surface area contributed by atoms with Crippen LogP contribution in [0.15, 0.2) is 54.6 Å². The van der Waals surface area contributed by atoms with Gasteiger partial charge in [0.15, 0.2) is 5.78 Å². The van der Waals surface area contributed by atoms with Crippen molar-refractivity contribution in [2.45, 2.75) is 13.0 Å². The molecule has 2 aromatic carbocycles. The molecule has 24 heavy (non-hydrogen) atoms. The van der Waals surface area contributed by atoms with Gasteiger partial charge < -0.3 is 0 Å². The molecule has 1 saturated heterocycles. The zero-order valence-electron chi connectivity index (χ0n) is 13.0. The summed E-state index contributed by atoms with van der Waals surface area (Å²) in [5, 5.41) is 0. The average molecular weight is 326 g/mol. The lowest BCUT2D eigenvalue weighted by Crippen LogP contribution is -2.37. The van der Waals surface area contributed by atoms with Crippen molar-refractivity contribution in [2.75, 3.05) is 11.4 Å². The molecule has 6 heteroatoms. The summed E-state index contributed by atoms with van der Waals surface area (Å²) in [5.41, 5.74) is 0.850. The Morgan fingerprint density at radius 1 is 1.04 bits per heavy atom. The van der Waals surface area contributed by atoms with Crippen LogP contribution in [-0.4, -0.2) is 35.2 Å². The lowest BCUT2D eigenvalue weighted by molar-refractivity contribution is -0.126. The molecule has 0 unspecified atom stereocenters. The predicted octanol–water partition coefficient (Wildman–Crippen LogP) is 2.87. The van der Waals surface area contributed by atoms with E-state index in [4.69, 9.17) is 0 Å². The molecule has 1 fully saturated rings. The molecule has 0 spiro atoms. The SMILES string of the molecule is C[C@H]1C(=O)N(CC(=O)c2ccccc2)C(=O)N1c1ccc(F)cc1. The number of hydrogen-bond donors (Lipinski definition) is 0. The lowest BCUT2D eigenvalue weighted by atomic mass is 10.1. The summed E-state index contributed by atoms with van der Waals surface area (Å²) >= 11 is 0. The Hall–Kier alpha value is -3.02. The van der Waals surface area contributed by atoms with Gasteiger partial charge in [-0.1, -0.05) is 30.3 Å². The number of urea groups is 1. The highest BCUT2D eigenvalue weighted by atomic mass is 19.1. The third kappa shape index (κ3) is 2.78. The van der Waals surface area contributed by atoms with Gasteiger partial charge in [-0.25, -0.2) is 9.18 Å². The first kappa shape index (κ1) is 15.9. The molecule has 1 aliphatic rings. The fraction of sp³-hybridized carbons (Fsp3) is 0.167. The van der Waals surface area contributed by atoms with E-state index in [1.807, 2.05) is 0 Å². The van der Waals surface area contributed by atoms with Gasteiger partial charge in [0.2, 0.25) is 0 Å². The van der Waals surface area contributed by atoms with Gasteiger partial charge in [0.1, 0.15) is 11.9 Å². The maximum atomic E-state index is 13.1. The van der Waals surface area contributed by atoms with Crippen LogP contribution in [0.25, 0.3) is 0 Å². The number of carbonyl (C=O) groups is 3. The van der Waals surface area contributed by atoms with Crippen LogP contribution >= 0.6 is 0 Å². The summed E-state index contributed by atoms with van der Waals surface area (Å²) in [5.74, 6) is -1.19. The van der Waals surface area contributed by atoms with Gasteiger partial charge in [0.25, 0.3) is 5.91 Å². The molecule has 3 amide bonds. The second-order valence-electron chi connectivity index (χ2n) is 5.52. The van der Waals surface area contributed by atoms with Crippen LogP contribution in [0.5, 0.6) is 0 Å². The predicted molar refractivity (Wildman–Crippen MR) is 86.2 cm³/mol. The second kappa shape index (κ2) is 6.23. The highest BCUT2D eigenvalue weighted by molar-refractivity contribution is 6.16. The summed E-state index contributed by atoms with van der Waals surface area (Å²) in [6.07, 6.45) is 0. The molecule has 3 rings (SSSR count). The molecule has 1 aliphatic heterocycles. The number of amides is 3. The summed E-state index contributed by atoms with van der Waals surface area (Å²) < 4.78 is 13.1. The number of rotatable bonds is 4. The molecule has 0 aromatic heterocycles. The van der Waals surface area contributed by atoms with E-state index in [1.165, 1.54) is 29.2 Å². The Morgan fingerprint density at radius 3 is 2.29 bits per heavy atom. The third-order valence-corrected chi connectivity index (χ3v) is 3.95. The average Bonchev–Trinajstić information content (AvgIpc) is 2.80. The first-order chi connectivity index (χ1) is 11.5. The Morgan fingerprint density at radius 2 is 1.67 bits per heavy atom. The minimum atomic E-state index is -0.744. The van der Waals surface area contributed by atoms with Crippen LogP contribution in [0.4, 0.5) is 14.9 Å². The van der Waals surface area contributed by atoms with Crippen LogP contribution in [0.1, 0.15) is 17.3 Å². The molecule has 1 heterocycles. The van der Waals surface area contributed by atoms with Gasteiger partial charge in [-0.3, -0.25) is 19.4 Å². The molecule has 1 atom stereocenters. The van der Waals surface area contributed by atoms with E-state index in [9.17, 15) is 18.8 Å². The zero-order valence-corrected chi connectivity index (χ0v) is 13.0. The van der Waals surface area contributed by atoms with Crippen LogP contribution in [0.2, 0.25) is 0 Å². The number of nitrogens with zero attached hydrogens (tertiary/aromatic N) is 2. The Kier molecular flexibility index (Phi) is 4.12. The topological polar surface area (TPSA) is 57.7 Å². The zero-order chi connectivity index (χ0) is 17.3. The molecule has 0 bridgehead atoms. The van der Waals surface area contributed by atoms with E-state index >= 15 is 0 Å². The maximum Gasteiger partial charge on any atom is 0.332 e. The number of hydrogen-bond acceptors (Lipinski definition) is 3. The van der Waals surface area contributed by atoms with Gasteiger partial charge in [0, 0.05) is 11.3 Å². The maximum absolute atomic E-state index is 13.1. The van der Waals surface area contributed by atoms with Gasteiger partial charge in [-0.05, 0) is 31.2 Å². The number of benzene rings is 2. The number of ketones is 1. The first-order valence-corrected chi connectivity index (χ1v) is 7.47. The lowest BCUT2D eigenvalue weighted by Gasteiger charge is -2.19. The molecule has 2 aromatic rings. The van der Waals surface area contributed by atoms with E-state index in [0.717, 1.165) is 4.90 Å². The molecule has 0 saturated carbocycles. The number of Topliss-reactive ketones (excluding diaryl/α,β-unsaturated/α-hetero) is 1. The van der Waals surface area contributed by atoms with E-state index in [1.54, 1.807) is 37.3 Å². The Labute approximate surface area is 138 Å². The second-order valence-corrected chi connectivity index (χ2v) is 5.52. The van der Waals surface area contributed by atoms with Crippen LogP contribution in [0, 0.1) is 5.82 Å². The monoisotopic (exact) mass is 326 g/mol. The van der Waals surface area contributed by atoms with E-state index in [2.05, 4.69) is 0 Å². The van der Waals surface area contributed by atoms with E-state index in [-0.39, 0.29) is 12.3 Å². The van der Waals surface area contributed by atoms with E-state index < -0.39 is 23.8 Å². The molecular weight excluding hydrogens is 311 g/mol. The largest absolute Gasteiger partial charge is 0.332 e.